The lowest BCUT2D eigenvalue weighted by Crippen LogP contribution is -2.44. The van der Waals surface area contributed by atoms with Crippen LogP contribution in [0.2, 0.25) is 0 Å². The Hall–Kier alpha value is -0.0800. The lowest BCUT2D eigenvalue weighted by atomic mass is 9.92. The van der Waals surface area contributed by atoms with Crippen molar-refractivity contribution < 1.29 is 0 Å². The van der Waals surface area contributed by atoms with Crippen LogP contribution in [-0.2, 0) is 0 Å². The van der Waals surface area contributed by atoms with Crippen LogP contribution in [0.1, 0.15) is 19.3 Å². The number of nitrogens with two attached hydrogens (primary N) is 1. The minimum Gasteiger partial charge on any atom is -0.327 e. The van der Waals surface area contributed by atoms with E-state index in [4.69, 9.17) is 5.73 Å². The van der Waals surface area contributed by atoms with Gasteiger partial charge in [0, 0.05) is 12.6 Å². The fourth-order valence-electron chi connectivity index (χ4n) is 1.94. The van der Waals surface area contributed by atoms with Gasteiger partial charge in [0.05, 0.1) is 0 Å². The molecule has 0 amide bonds. The van der Waals surface area contributed by atoms with Gasteiger partial charge in [-0.1, -0.05) is 0 Å². The molecule has 1 aliphatic heterocycles. The second-order valence-electron chi connectivity index (χ2n) is 3.75. The molecule has 2 atom stereocenters. The maximum atomic E-state index is 5.83. The van der Waals surface area contributed by atoms with Gasteiger partial charge in [0.15, 0.2) is 0 Å². The van der Waals surface area contributed by atoms with Gasteiger partial charge >= 0.3 is 0 Å². The van der Waals surface area contributed by atoms with E-state index in [1.807, 2.05) is 0 Å². The first-order chi connectivity index (χ1) is 4.86. The molecule has 0 aromatic rings. The van der Waals surface area contributed by atoms with Crippen molar-refractivity contribution in [3.05, 3.63) is 0 Å². The summed E-state index contributed by atoms with van der Waals surface area (Å²) in [6.45, 7) is 2.25. The minimum absolute atomic E-state index is 0.430. The molecule has 2 rings (SSSR count). The van der Waals surface area contributed by atoms with Crippen LogP contribution in [0.5, 0.6) is 0 Å². The zero-order valence-corrected chi connectivity index (χ0v) is 6.34. The summed E-state index contributed by atoms with van der Waals surface area (Å²) in [5.74, 6) is 1.93. The van der Waals surface area contributed by atoms with E-state index >= 15 is 0 Å². The van der Waals surface area contributed by atoms with Crippen molar-refractivity contribution in [2.45, 2.75) is 25.3 Å². The molecule has 10 heavy (non-hydrogen) atoms. The van der Waals surface area contributed by atoms with Crippen molar-refractivity contribution in [2.24, 2.45) is 17.6 Å². The van der Waals surface area contributed by atoms with Crippen molar-refractivity contribution in [3.63, 3.8) is 0 Å². The van der Waals surface area contributed by atoms with E-state index in [0.717, 1.165) is 18.4 Å². The van der Waals surface area contributed by atoms with Crippen molar-refractivity contribution in [2.75, 3.05) is 13.1 Å². The molecule has 3 N–H and O–H groups in total. The Balaban J connectivity index is 1.84. The molecule has 2 fully saturated rings. The highest BCUT2D eigenvalue weighted by Crippen LogP contribution is 2.39. The molecule has 1 aliphatic carbocycles. The molecule has 0 spiro atoms. The SMILES string of the molecule is NC1CNCC(C2CC2)C1. The maximum Gasteiger partial charge on any atom is 0.0168 e. The molecule has 0 aromatic carbocycles. The lowest BCUT2D eigenvalue weighted by Gasteiger charge is -2.27. The second-order valence-corrected chi connectivity index (χ2v) is 3.75. The van der Waals surface area contributed by atoms with Crippen molar-refractivity contribution >= 4 is 0 Å². The first-order valence-corrected chi connectivity index (χ1v) is 4.32. The Labute approximate surface area is 62.2 Å². The van der Waals surface area contributed by atoms with E-state index in [-0.39, 0.29) is 0 Å². The number of piperidine rings is 1. The van der Waals surface area contributed by atoms with E-state index in [9.17, 15) is 0 Å². The summed E-state index contributed by atoms with van der Waals surface area (Å²) >= 11 is 0. The smallest absolute Gasteiger partial charge is 0.0168 e. The zero-order valence-electron chi connectivity index (χ0n) is 6.34. The van der Waals surface area contributed by atoms with Gasteiger partial charge in [-0.2, -0.15) is 0 Å². The fourth-order valence-corrected chi connectivity index (χ4v) is 1.94. The van der Waals surface area contributed by atoms with Gasteiger partial charge in [-0.15, -0.1) is 0 Å². The molecule has 58 valence electrons. The van der Waals surface area contributed by atoms with E-state index in [2.05, 4.69) is 5.32 Å². The van der Waals surface area contributed by atoms with Crippen molar-refractivity contribution in [1.82, 2.24) is 5.32 Å². The minimum atomic E-state index is 0.430. The largest absolute Gasteiger partial charge is 0.327 e. The Morgan fingerprint density at radius 3 is 2.50 bits per heavy atom. The molecule has 0 bridgehead atoms. The van der Waals surface area contributed by atoms with E-state index < -0.39 is 0 Å². The topological polar surface area (TPSA) is 38.0 Å². The Kier molecular flexibility index (Phi) is 1.66. The molecule has 1 heterocycles. The second kappa shape index (κ2) is 2.51. The van der Waals surface area contributed by atoms with Crippen molar-refractivity contribution in [1.29, 1.82) is 0 Å². The number of hydrogen-bond donors (Lipinski definition) is 2. The predicted octanol–water partition coefficient (Wildman–Crippen LogP) is 0.333. The van der Waals surface area contributed by atoms with Gasteiger partial charge in [-0.25, -0.2) is 0 Å². The third kappa shape index (κ3) is 1.32. The fraction of sp³-hybridized carbons (Fsp3) is 1.00. The number of hydrogen-bond acceptors (Lipinski definition) is 2. The van der Waals surface area contributed by atoms with Gasteiger partial charge in [0.2, 0.25) is 0 Å². The summed E-state index contributed by atoms with van der Waals surface area (Å²) in [6, 6.07) is 0.430. The van der Waals surface area contributed by atoms with E-state index in [0.29, 0.717) is 6.04 Å². The van der Waals surface area contributed by atoms with Crippen LogP contribution >= 0.6 is 0 Å². The first kappa shape index (κ1) is 6.62. The zero-order chi connectivity index (χ0) is 6.97. The number of nitrogens with one attached hydrogen (secondary N) is 1. The summed E-state index contributed by atoms with van der Waals surface area (Å²) in [7, 11) is 0. The number of rotatable bonds is 1. The summed E-state index contributed by atoms with van der Waals surface area (Å²) < 4.78 is 0. The normalized spacial score (nSPS) is 41.7. The predicted molar refractivity (Wildman–Crippen MR) is 41.7 cm³/mol. The monoisotopic (exact) mass is 140 g/mol. The van der Waals surface area contributed by atoms with Crippen LogP contribution in [0, 0.1) is 11.8 Å². The van der Waals surface area contributed by atoms with Crippen molar-refractivity contribution in [3.8, 4) is 0 Å². The molecule has 2 unspecified atom stereocenters. The third-order valence-corrected chi connectivity index (χ3v) is 2.71. The van der Waals surface area contributed by atoms with Crippen LogP contribution in [0.3, 0.4) is 0 Å². The lowest BCUT2D eigenvalue weighted by molar-refractivity contribution is 0.311. The summed E-state index contributed by atoms with van der Waals surface area (Å²) in [5, 5.41) is 3.38. The molecule has 1 saturated carbocycles. The molecular formula is C8H16N2. The quantitative estimate of drug-likeness (QED) is 0.551. The van der Waals surface area contributed by atoms with Crippen LogP contribution < -0.4 is 11.1 Å². The Bertz CT molecular complexity index is 120. The average Bonchev–Trinajstić information content (AvgIpc) is 2.68. The van der Waals surface area contributed by atoms with Gasteiger partial charge in [0.1, 0.15) is 0 Å². The molecule has 1 saturated heterocycles. The molecule has 2 nitrogen and oxygen atoms in total. The van der Waals surface area contributed by atoms with Gasteiger partial charge in [-0.05, 0) is 37.6 Å². The van der Waals surface area contributed by atoms with Crippen LogP contribution in [0.25, 0.3) is 0 Å². The third-order valence-electron chi connectivity index (χ3n) is 2.71. The van der Waals surface area contributed by atoms with E-state index in [1.54, 1.807) is 0 Å². The Morgan fingerprint density at radius 1 is 1.10 bits per heavy atom. The molecule has 0 radical (unpaired) electrons. The van der Waals surface area contributed by atoms with Crippen LogP contribution in [0.4, 0.5) is 0 Å². The molecular weight excluding hydrogens is 124 g/mol. The highest BCUT2D eigenvalue weighted by molar-refractivity contribution is 4.88. The first-order valence-electron chi connectivity index (χ1n) is 4.32. The highest BCUT2D eigenvalue weighted by atomic mass is 14.9. The highest BCUT2D eigenvalue weighted by Gasteiger charge is 2.33. The average molecular weight is 140 g/mol. The maximum absolute atomic E-state index is 5.83. The Morgan fingerprint density at radius 2 is 1.90 bits per heavy atom. The van der Waals surface area contributed by atoms with Gasteiger partial charge in [-0.3, -0.25) is 0 Å². The van der Waals surface area contributed by atoms with Crippen LogP contribution in [-0.4, -0.2) is 19.1 Å². The standard InChI is InChI=1S/C8H16N2/c9-8-3-7(4-10-5-8)6-1-2-6/h6-8,10H,1-5,9H2. The van der Waals surface area contributed by atoms with E-state index in [1.165, 1.54) is 25.8 Å². The molecule has 0 aromatic heterocycles. The summed E-state index contributed by atoms with van der Waals surface area (Å²) in [6.07, 6.45) is 4.18. The van der Waals surface area contributed by atoms with Gasteiger partial charge in [0.25, 0.3) is 0 Å². The van der Waals surface area contributed by atoms with Crippen LogP contribution in [0.15, 0.2) is 0 Å². The summed E-state index contributed by atoms with van der Waals surface area (Å²) in [5.41, 5.74) is 5.83. The summed E-state index contributed by atoms with van der Waals surface area (Å²) in [4.78, 5) is 0. The molecule has 2 aliphatic rings. The van der Waals surface area contributed by atoms with Gasteiger partial charge < -0.3 is 11.1 Å². The molecule has 2 heteroatoms.